The van der Waals surface area contributed by atoms with E-state index in [9.17, 15) is 4.79 Å². The first kappa shape index (κ1) is 16.6. The monoisotopic (exact) mass is 252 g/mol. The zero-order valence-electron chi connectivity index (χ0n) is 8.52. The van der Waals surface area contributed by atoms with Crippen LogP contribution in [0, 0.1) is 0 Å². The highest BCUT2D eigenvalue weighted by Crippen LogP contribution is 2.06. The first-order chi connectivity index (χ1) is 6.29. The summed E-state index contributed by atoms with van der Waals surface area (Å²) < 4.78 is 4.62. The fraction of sp³-hybridized carbons (Fsp3) is 0.333. The number of esters is 1. The molecule has 0 aliphatic heterocycles. The van der Waals surface area contributed by atoms with Gasteiger partial charge in [0.05, 0.1) is 18.4 Å². The molecular formula is C9H14Cl2N2O2. The lowest BCUT2D eigenvalue weighted by atomic mass is 10.2. The standard InChI is InChI=1S/C9H12N2O2.2ClH/c1-10-6-8-7(9(12)13-2)4-3-5-11-8;;/h3-5,10H,6H2,1-2H3;2*1H. The Morgan fingerprint density at radius 3 is 2.73 bits per heavy atom. The minimum Gasteiger partial charge on any atom is -0.465 e. The number of pyridine rings is 1. The lowest BCUT2D eigenvalue weighted by molar-refractivity contribution is 0.0598. The Hall–Kier alpha value is -0.840. The summed E-state index contributed by atoms with van der Waals surface area (Å²) in [5.41, 5.74) is 1.22. The van der Waals surface area contributed by atoms with Crippen LogP contribution < -0.4 is 5.32 Å². The van der Waals surface area contributed by atoms with Crippen molar-refractivity contribution in [1.82, 2.24) is 10.3 Å². The van der Waals surface area contributed by atoms with Gasteiger partial charge >= 0.3 is 5.97 Å². The van der Waals surface area contributed by atoms with E-state index in [-0.39, 0.29) is 30.8 Å². The smallest absolute Gasteiger partial charge is 0.339 e. The Morgan fingerprint density at radius 2 is 2.20 bits per heavy atom. The quantitative estimate of drug-likeness (QED) is 0.828. The van der Waals surface area contributed by atoms with Crippen molar-refractivity contribution in [2.24, 2.45) is 0 Å². The van der Waals surface area contributed by atoms with E-state index in [1.165, 1.54) is 7.11 Å². The second-order valence-corrected chi connectivity index (χ2v) is 2.52. The number of ether oxygens (including phenoxy) is 1. The maximum absolute atomic E-state index is 11.2. The summed E-state index contributed by atoms with van der Waals surface area (Å²) in [7, 11) is 3.16. The van der Waals surface area contributed by atoms with Crippen molar-refractivity contribution in [3.63, 3.8) is 0 Å². The van der Waals surface area contributed by atoms with Gasteiger partial charge in [0.1, 0.15) is 0 Å². The van der Waals surface area contributed by atoms with E-state index in [4.69, 9.17) is 0 Å². The average Bonchev–Trinajstić information content (AvgIpc) is 2.18. The van der Waals surface area contributed by atoms with Gasteiger partial charge in [-0.1, -0.05) is 0 Å². The molecule has 0 radical (unpaired) electrons. The van der Waals surface area contributed by atoms with Crippen molar-refractivity contribution < 1.29 is 9.53 Å². The van der Waals surface area contributed by atoms with Crippen LogP contribution in [0.3, 0.4) is 0 Å². The van der Waals surface area contributed by atoms with E-state index in [0.717, 1.165) is 0 Å². The zero-order chi connectivity index (χ0) is 9.68. The van der Waals surface area contributed by atoms with Crippen molar-refractivity contribution >= 4 is 30.8 Å². The molecule has 1 heterocycles. The van der Waals surface area contributed by atoms with Crippen molar-refractivity contribution in [2.45, 2.75) is 6.54 Å². The second-order valence-electron chi connectivity index (χ2n) is 2.52. The predicted molar refractivity (Wildman–Crippen MR) is 62.8 cm³/mol. The molecule has 0 saturated heterocycles. The third-order valence-corrected chi connectivity index (χ3v) is 1.64. The number of nitrogens with zero attached hydrogens (tertiary/aromatic N) is 1. The summed E-state index contributed by atoms with van der Waals surface area (Å²) in [6, 6.07) is 3.41. The predicted octanol–water partition coefficient (Wildman–Crippen LogP) is 1.43. The van der Waals surface area contributed by atoms with Gasteiger partial charge < -0.3 is 10.1 Å². The largest absolute Gasteiger partial charge is 0.465 e. The Morgan fingerprint density at radius 1 is 1.53 bits per heavy atom. The van der Waals surface area contributed by atoms with Crippen LogP contribution >= 0.6 is 24.8 Å². The Bertz CT molecular complexity index is 308. The summed E-state index contributed by atoms with van der Waals surface area (Å²) in [6.07, 6.45) is 1.65. The van der Waals surface area contributed by atoms with Crippen molar-refractivity contribution in [3.05, 3.63) is 29.6 Å². The van der Waals surface area contributed by atoms with Gasteiger partial charge in [-0.05, 0) is 19.2 Å². The van der Waals surface area contributed by atoms with Crippen molar-refractivity contribution in [1.29, 1.82) is 0 Å². The van der Waals surface area contributed by atoms with Gasteiger partial charge in [-0.3, -0.25) is 4.98 Å². The van der Waals surface area contributed by atoms with Gasteiger partial charge in [0, 0.05) is 12.7 Å². The zero-order valence-corrected chi connectivity index (χ0v) is 10.2. The van der Waals surface area contributed by atoms with Crippen LogP contribution in [-0.2, 0) is 11.3 Å². The lowest BCUT2D eigenvalue weighted by Gasteiger charge is -2.04. The molecule has 1 N–H and O–H groups in total. The normalized spacial score (nSPS) is 8.40. The Labute approximate surface area is 101 Å². The van der Waals surface area contributed by atoms with Gasteiger partial charge in [-0.15, -0.1) is 24.8 Å². The van der Waals surface area contributed by atoms with Crippen LogP contribution in [0.25, 0.3) is 0 Å². The fourth-order valence-corrected chi connectivity index (χ4v) is 1.04. The summed E-state index contributed by atoms with van der Waals surface area (Å²) in [4.78, 5) is 15.3. The maximum atomic E-state index is 11.2. The third kappa shape index (κ3) is 4.46. The Balaban J connectivity index is 0. The van der Waals surface area contributed by atoms with Gasteiger partial charge in [0.25, 0.3) is 0 Å². The van der Waals surface area contributed by atoms with Gasteiger partial charge in [-0.2, -0.15) is 0 Å². The topological polar surface area (TPSA) is 51.2 Å². The van der Waals surface area contributed by atoms with E-state index >= 15 is 0 Å². The van der Waals surface area contributed by atoms with Crippen LogP contribution in [0.15, 0.2) is 18.3 Å². The average molecular weight is 253 g/mol. The molecule has 1 rings (SSSR count). The van der Waals surface area contributed by atoms with Crippen LogP contribution in [-0.4, -0.2) is 25.1 Å². The molecule has 0 bridgehead atoms. The number of methoxy groups -OCH3 is 1. The van der Waals surface area contributed by atoms with Crippen LogP contribution in [0.1, 0.15) is 16.1 Å². The molecule has 15 heavy (non-hydrogen) atoms. The third-order valence-electron chi connectivity index (χ3n) is 1.64. The molecule has 0 aliphatic rings. The SMILES string of the molecule is CNCc1ncccc1C(=O)OC.Cl.Cl. The van der Waals surface area contributed by atoms with E-state index in [1.54, 1.807) is 25.4 Å². The van der Waals surface area contributed by atoms with Gasteiger partial charge in [0.2, 0.25) is 0 Å². The highest BCUT2D eigenvalue weighted by molar-refractivity contribution is 5.90. The number of aromatic nitrogens is 1. The molecule has 0 fully saturated rings. The number of carbonyl (C=O) groups is 1. The van der Waals surface area contributed by atoms with E-state index in [0.29, 0.717) is 17.8 Å². The van der Waals surface area contributed by atoms with Crippen molar-refractivity contribution in [2.75, 3.05) is 14.2 Å². The minimum absolute atomic E-state index is 0. The molecule has 0 aliphatic carbocycles. The maximum Gasteiger partial charge on any atom is 0.339 e. The summed E-state index contributed by atoms with van der Waals surface area (Å²) in [5, 5.41) is 2.93. The molecule has 0 spiro atoms. The molecule has 6 heteroatoms. The van der Waals surface area contributed by atoms with Crippen LogP contribution in [0.4, 0.5) is 0 Å². The van der Waals surface area contributed by atoms with E-state index < -0.39 is 0 Å². The molecular weight excluding hydrogens is 239 g/mol. The first-order valence-corrected chi connectivity index (χ1v) is 3.96. The number of nitrogens with one attached hydrogen (secondary N) is 1. The highest BCUT2D eigenvalue weighted by Gasteiger charge is 2.10. The number of carbonyl (C=O) groups excluding carboxylic acids is 1. The molecule has 0 atom stereocenters. The summed E-state index contributed by atoms with van der Waals surface area (Å²) in [5.74, 6) is -0.349. The highest BCUT2D eigenvalue weighted by atomic mass is 35.5. The second kappa shape index (κ2) is 8.47. The molecule has 86 valence electrons. The molecule has 0 unspecified atom stereocenters. The summed E-state index contributed by atoms with van der Waals surface area (Å²) in [6.45, 7) is 0.561. The lowest BCUT2D eigenvalue weighted by Crippen LogP contribution is -2.13. The molecule has 1 aromatic heterocycles. The molecule has 0 amide bonds. The number of halogens is 2. The molecule has 1 aromatic rings. The molecule has 0 saturated carbocycles. The number of hydrogen-bond donors (Lipinski definition) is 1. The van der Waals surface area contributed by atoms with Crippen LogP contribution in [0.5, 0.6) is 0 Å². The van der Waals surface area contributed by atoms with Crippen molar-refractivity contribution in [3.8, 4) is 0 Å². The Kier molecular flexibility index (Phi) is 9.36. The molecule has 4 nitrogen and oxygen atoms in total. The van der Waals surface area contributed by atoms with Gasteiger partial charge in [0.15, 0.2) is 0 Å². The summed E-state index contributed by atoms with van der Waals surface area (Å²) >= 11 is 0. The van der Waals surface area contributed by atoms with E-state index in [1.807, 2.05) is 0 Å². The molecule has 0 aromatic carbocycles. The minimum atomic E-state index is -0.349. The van der Waals surface area contributed by atoms with E-state index in [2.05, 4.69) is 15.0 Å². The number of hydrogen-bond acceptors (Lipinski definition) is 4. The van der Waals surface area contributed by atoms with Gasteiger partial charge in [-0.25, -0.2) is 4.79 Å². The fourth-order valence-electron chi connectivity index (χ4n) is 1.04. The number of rotatable bonds is 3. The first-order valence-electron chi connectivity index (χ1n) is 3.96. The van der Waals surface area contributed by atoms with Crippen LogP contribution in [0.2, 0.25) is 0 Å².